The first-order valence-corrected chi connectivity index (χ1v) is 11.8. The van der Waals surface area contributed by atoms with Gasteiger partial charge < -0.3 is 4.74 Å². The van der Waals surface area contributed by atoms with Gasteiger partial charge in [0.05, 0.1) is 19.1 Å². The Morgan fingerprint density at radius 2 is 1.25 bits per heavy atom. The molecule has 0 saturated carbocycles. The molecule has 0 radical (unpaired) electrons. The van der Waals surface area contributed by atoms with Crippen LogP contribution >= 0.6 is 0 Å². The summed E-state index contributed by atoms with van der Waals surface area (Å²) in [6.07, 6.45) is 3.83. The molecule has 0 aromatic heterocycles. The molecule has 8 heteroatoms. The minimum Gasteiger partial charge on any atom is -0.426 e. The number of carbonyl (C=O) groups is 3. The molecule has 2 bridgehead atoms. The molecule has 3 heterocycles. The fraction of sp³-hybridized carbons (Fsp3) is 0.179. The first-order valence-electron chi connectivity index (χ1n) is 11.8. The summed E-state index contributed by atoms with van der Waals surface area (Å²) in [6, 6.07) is 23.0. The minimum atomic E-state index is -0.575. The number of hydrogen-bond donors (Lipinski definition) is 0. The van der Waals surface area contributed by atoms with Crippen molar-refractivity contribution < 1.29 is 19.1 Å². The van der Waals surface area contributed by atoms with Crippen molar-refractivity contribution in [2.75, 3.05) is 0 Å². The summed E-state index contributed by atoms with van der Waals surface area (Å²) in [5, 5.41) is 6.04. The molecule has 2 atom stereocenters. The zero-order valence-electron chi connectivity index (χ0n) is 19.7. The number of esters is 1. The first kappa shape index (κ1) is 21.9. The van der Waals surface area contributed by atoms with Crippen molar-refractivity contribution in [3.05, 3.63) is 113 Å². The van der Waals surface area contributed by atoms with Crippen molar-refractivity contribution in [2.45, 2.75) is 32.1 Å². The molecule has 1 saturated heterocycles. The van der Waals surface area contributed by atoms with Crippen LogP contribution in [0.1, 0.15) is 41.3 Å². The Balaban J connectivity index is 1.44. The quantitative estimate of drug-likeness (QED) is 0.294. The maximum absolute atomic E-state index is 14.1. The van der Waals surface area contributed by atoms with Gasteiger partial charge in [0.2, 0.25) is 0 Å². The van der Waals surface area contributed by atoms with Crippen LogP contribution in [0, 0.1) is 0 Å². The Kier molecular flexibility index (Phi) is 5.21. The van der Waals surface area contributed by atoms with Crippen molar-refractivity contribution in [1.29, 1.82) is 0 Å². The zero-order chi connectivity index (χ0) is 24.8. The summed E-state index contributed by atoms with van der Waals surface area (Å²) in [5.74, 6) is -0.0351. The van der Waals surface area contributed by atoms with E-state index >= 15 is 0 Å². The molecular weight excluding hydrogens is 456 g/mol. The van der Waals surface area contributed by atoms with Crippen molar-refractivity contribution in [3.8, 4) is 5.75 Å². The predicted octanol–water partition coefficient (Wildman–Crippen LogP) is 4.97. The molecule has 1 aliphatic carbocycles. The van der Waals surface area contributed by atoms with Crippen LogP contribution < -0.4 is 4.74 Å². The Hall–Kier alpha value is -4.59. The van der Waals surface area contributed by atoms with E-state index in [9.17, 15) is 14.4 Å². The highest BCUT2D eigenvalue weighted by atomic mass is 16.5. The second-order valence-electron chi connectivity index (χ2n) is 8.97. The lowest BCUT2D eigenvalue weighted by atomic mass is 9.85. The van der Waals surface area contributed by atoms with Gasteiger partial charge in [0.1, 0.15) is 11.8 Å². The van der Waals surface area contributed by atoms with Crippen LogP contribution in [-0.2, 0) is 17.9 Å². The molecule has 3 aromatic rings. The highest BCUT2D eigenvalue weighted by Crippen LogP contribution is 2.50. The van der Waals surface area contributed by atoms with Crippen LogP contribution in [-0.4, -0.2) is 38.1 Å². The predicted molar refractivity (Wildman–Crippen MR) is 131 cm³/mol. The SMILES string of the molecule is CC(=O)Oc1cccc2c1C1C=CC2N2C(=O)N(Cc3ccccc3)N(Cc3ccccc3)C(=O)N12. The van der Waals surface area contributed by atoms with Gasteiger partial charge in [-0.15, -0.1) is 0 Å². The second kappa shape index (κ2) is 8.57. The molecule has 180 valence electrons. The Bertz CT molecular complexity index is 1370. The van der Waals surface area contributed by atoms with Gasteiger partial charge in [-0.05, 0) is 22.8 Å². The number of amides is 4. The van der Waals surface area contributed by atoms with Gasteiger partial charge in [-0.1, -0.05) is 84.9 Å². The van der Waals surface area contributed by atoms with Crippen molar-refractivity contribution in [1.82, 2.24) is 20.0 Å². The maximum atomic E-state index is 14.1. The molecular formula is C28H24N4O4. The Morgan fingerprint density at radius 3 is 1.81 bits per heavy atom. The molecule has 0 spiro atoms. The average molecular weight is 481 g/mol. The highest BCUT2D eigenvalue weighted by Gasteiger charge is 2.54. The largest absolute Gasteiger partial charge is 0.426 e. The van der Waals surface area contributed by atoms with Gasteiger partial charge in [-0.25, -0.2) is 29.6 Å². The summed E-state index contributed by atoms with van der Waals surface area (Å²) < 4.78 is 5.49. The molecule has 0 N–H and O–H groups in total. The number of carbonyl (C=O) groups excluding carboxylic acids is 3. The lowest BCUT2D eigenvalue weighted by molar-refractivity contribution is -0.132. The monoisotopic (exact) mass is 480 g/mol. The molecule has 2 unspecified atom stereocenters. The lowest BCUT2D eigenvalue weighted by Crippen LogP contribution is -2.70. The Labute approximate surface area is 208 Å². The smallest absolute Gasteiger partial charge is 0.359 e. The standard InChI is InChI=1S/C28H24N4O4/c1-19(33)36-25-14-8-13-22-23-15-16-24(26(22)25)32-28(35)30(18-21-11-6-3-7-12-21)29(27(34)31(23)32)17-20-9-4-2-5-10-20/h2-16,23-24H,17-18H2,1H3. The fourth-order valence-electron chi connectivity index (χ4n) is 5.16. The summed E-state index contributed by atoms with van der Waals surface area (Å²) in [6.45, 7) is 1.84. The van der Waals surface area contributed by atoms with E-state index in [-0.39, 0.29) is 25.2 Å². The zero-order valence-corrected chi connectivity index (χ0v) is 19.7. The highest BCUT2D eigenvalue weighted by molar-refractivity contribution is 5.88. The third kappa shape index (κ3) is 3.50. The van der Waals surface area contributed by atoms with Gasteiger partial charge in [0, 0.05) is 12.5 Å². The van der Waals surface area contributed by atoms with Crippen LogP contribution in [0.3, 0.4) is 0 Å². The molecule has 1 fully saturated rings. The molecule has 36 heavy (non-hydrogen) atoms. The van der Waals surface area contributed by atoms with E-state index in [1.54, 1.807) is 12.1 Å². The number of ether oxygens (including phenoxy) is 1. The molecule has 8 nitrogen and oxygen atoms in total. The fourth-order valence-corrected chi connectivity index (χ4v) is 5.16. The van der Waals surface area contributed by atoms with Crippen LogP contribution in [0.15, 0.2) is 91.0 Å². The average Bonchev–Trinajstić information content (AvgIpc) is 2.90. The number of nitrogens with zero attached hydrogens (tertiary/aromatic N) is 4. The first-order chi connectivity index (χ1) is 17.5. The number of benzene rings is 3. The van der Waals surface area contributed by atoms with Gasteiger partial charge >= 0.3 is 18.0 Å². The normalized spacial score (nSPS) is 19.9. The number of rotatable bonds is 5. The summed E-state index contributed by atoms with van der Waals surface area (Å²) in [7, 11) is 0. The summed E-state index contributed by atoms with van der Waals surface area (Å²) in [4.78, 5) is 40.0. The second-order valence-corrected chi connectivity index (χ2v) is 8.97. The van der Waals surface area contributed by atoms with Gasteiger partial charge in [-0.2, -0.15) is 0 Å². The third-order valence-corrected chi connectivity index (χ3v) is 6.68. The van der Waals surface area contributed by atoms with Crippen molar-refractivity contribution in [3.63, 3.8) is 0 Å². The topological polar surface area (TPSA) is 73.4 Å². The van der Waals surface area contributed by atoms with Crippen LogP contribution in [0.5, 0.6) is 5.75 Å². The van der Waals surface area contributed by atoms with E-state index in [2.05, 4.69) is 0 Å². The van der Waals surface area contributed by atoms with Crippen LogP contribution in [0.2, 0.25) is 0 Å². The van der Waals surface area contributed by atoms with Gasteiger partial charge in [-0.3, -0.25) is 4.79 Å². The van der Waals surface area contributed by atoms with E-state index in [0.717, 1.165) is 22.3 Å². The van der Waals surface area contributed by atoms with Crippen molar-refractivity contribution in [2.24, 2.45) is 0 Å². The molecule has 7 rings (SSSR count). The van der Waals surface area contributed by atoms with E-state index in [4.69, 9.17) is 4.74 Å². The van der Waals surface area contributed by atoms with E-state index in [1.807, 2.05) is 78.9 Å². The van der Waals surface area contributed by atoms with Crippen molar-refractivity contribution >= 4 is 18.0 Å². The molecule has 3 aliphatic heterocycles. The molecule has 3 aromatic carbocycles. The van der Waals surface area contributed by atoms with Gasteiger partial charge in [0.15, 0.2) is 0 Å². The Morgan fingerprint density at radius 1 is 0.722 bits per heavy atom. The lowest BCUT2D eigenvalue weighted by Gasteiger charge is -2.57. The molecule has 4 amide bonds. The summed E-state index contributed by atoms with van der Waals surface area (Å²) in [5.41, 5.74) is 3.40. The number of urea groups is 2. The van der Waals surface area contributed by atoms with Gasteiger partial charge in [0.25, 0.3) is 0 Å². The summed E-state index contributed by atoms with van der Waals surface area (Å²) >= 11 is 0. The van der Waals surface area contributed by atoms with E-state index < -0.39 is 18.1 Å². The maximum Gasteiger partial charge on any atom is 0.359 e. The molecule has 4 aliphatic rings. The number of hydrogen-bond acceptors (Lipinski definition) is 4. The van der Waals surface area contributed by atoms with E-state index in [1.165, 1.54) is 27.0 Å². The van der Waals surface area contributed by atoms with Crippen LogP contribution in [0.25, 0.3) is 0 Å². The third-order valence-electron chi connectivity index (χ3n) is 6.68. The minimum absolute atomic E-state index is 0.238. The van der Waals surface area contributed by atoms with E-state index in [0.29, 0.717) is 5.75 Å². The number of hydrazine groups is 2. The van der Waals surface area contributed by atoms with Crippen LogP contribution in [0.4, 0.5) is 9.59 Å².